The third kappa shape index (κ3) is 5.31. The van der Waals surface area contributed by atoms with Crippen molar-refractivity contribution in [3.8, 4) is 5.88 Å². The van der Waals surface area contributed by atoms with Crippen molar-refractivity contribution in [2.24, 2.45) is 4.99 Å². The predicted octanol–water partition coefficient (Wildman–Crippen LogP) is 3.74. The van der Waals surface area contributed by atoms with Gasteiger partial charge in [0.1, 0.15) is 5.82 Å². The number of nitrogens with one attached hydrogen (secondary N) is 2. The number of hydrogen-bond acceptors (Lipinski definition) is 3. The van der Waals surface area contributed by atoms with E-state index in [-0.39, 0.29) is 29.8 Å². The Bertz CT molecular complexity index is 1120. The van der Waals surface area contributed by atoms with Crippen molar-refractivity contribution in [1.82, 2.24) is 10.3 Å². The lowest BCUT2D eigenvalue weighted by Crippen LogP contribution is -2.31. The molecule has 0 aliphatic heterocycles. The Hall–Kier alpha value is -3.95. The molecule has 3 rings (SSSR count). The molecule has 0 fully saturated rings. The molecule has 0 aliphatic carbocycles. The van der Waals surface area contributed by atoms with Crippen molar-refractivity contribution in [2.75, 3.05) is 5.32 Å². The van der Waals surface area contributed by atoms with Crippen molar-refractivity contribution in [3.05, 3.63) is 89.0 Å². The van der Waals surface area contributed by atoms with Gasteiger partial charge in [-0.3, -0.25) is 4.79 Å². The summed E-state index contributed by atoms with van der Waals surface area (Å²) in [5.41, 5.74) is 0.124. The number of amides is 1. The van der Waals surface area contributed by atoms with E-state index >= 15 is 0 Å². The van der Waals surface area contributed by atoms with Gasteiger partial charge in [-0.05, 0) is 42.0 Å². The Kier molecular flexibility index (Phi) is 6.26. The van der Waals surface area contributed by atoms with Gasteiger partial charge in [0.25, 0.3) is 5.91 Å². The van der Waals surface area contributed by atoms with Crippen molar-refractivity contribution in [3.63, 3.8) is 0 Å². The molecule has 0 radical (unpaired) electrons. The molecule has 1 heterocycles. The van der Waals surface area contributed by atoms with Crippen LogP contribution in [-0.2, 0) is 6.54 Å². The third-order valence-electron chi connectivity index (χ3n) is 3.80. The number of pyridine rings is 1. The largest absolute Gasteiger partial charge is 0.493 e. The summed E-state index contributed by atoms with van der Waals surface area (Å²) in [5, 5.41) is 14.8. The number of carbonyl (C=O) groups excluding carboxylic acids is 1. The normalized spacial score (nSPS) is 11.3. The Morgan fingerprint density at radius 1 is 0.933 bits per heavy atom. The minimum Gasteiger partial charge on any atom is -0.493 e. The number of anilines is 1. The molecule has 3 N–H and O–H groups in total. The fraction of sp³-hybridized carbons (Fsp3) is 0.0500. The van der Waals surface area contributed by atoms with Crippen LogP contribution in [0.3, 0.4) is 0 Å². The minimum atomic E-state index is -1.21. The number of aliphatic imine (C=N–C) groups is 1. The van der Waals surface area contributed by atoms with Crippen molar-refractivity contribution in [1.29, 1.82) is 0 Å². The lowest BCUT2D eigenvalue weighted by molar-refractivity contribution is 0.100. The fourth-order valence-corrected chi connectivity index (χ4v) is 2.36. The zero-order valence-corrected chi connectivity index (χ0v) is 15.2. The van der Waals surface area contributed by atoms with E-state index in [9.17, 15) is 27.5 Å². The standard InChI is InChI=1S/C20H14F4N4O2/c21-13-6-4-11(8-15(13)23)10-25-20(27-17-2-1-3-18(29)26-17)28-19(30)12-5-7-14(22)16(24)9-12/h1-9H,10H2,(H3,25,26,27,28,29,30). The second kappa shape index (κ2) is 9.03. The first kappa shape index (κ1) is 20.8. The predicted molar refractivity (Wildman–Crippen MR) is 101 cm³/mol. The Morgan fingerprint density at radius 2 is 1.63 bits per heavy atom. The van der Waals surface area contributed by atoms with Crippen LogP contribution in [0.1, 0.15) is 15.9 Å². The molecule has 0 saturated heterocycles. The molecular formula is C20H14F4N4O2. The van der Waals surface area contributed by atoms with E-state index in [4.69, 9.17) is 0 Å². The highest BCUT2D eigenvalue weighted by atomic mass is 19.2. The zero-order chi connectivity index (χ0) is 21.7. The van der Waals surface area contributed by atoms with Crippen molar-refractivity contribution in [2.45, 2.75) is 6.54 Å². The molecule has 10 heteroatoms. The van der Waals surface area contributed by atoms with E-state index in [2.05, 4.69) is 20.6 Å². The Labute approximate surface area is 167 Å². The quantitative estimate of drug-likeness (QED) is 0.341. The van der Waals surface area contributed by atoms with Crippen LogP contribution in [0.4, 0.5) is 23.4 Å². The van der Waals surface area contributed by atoms with Gasteiger partial charge in [0.05, 0.1) is 0 Å². The number of rotatable bonds is 4. The zero-order valence-electron chi connectivity index (χ0n) is 15.2. The summed E-state index contributed by atoms with van der Waals surface area (Å²) in [5.74, 6) is -5.65. The molecule has 0 atom stereocenters. The second-order valence-corrected chi connectivity index (χ2v) is 6.00. The highest BCUT2D eigenvalue weighted by Gasteiger charge is 2.12. The average Bonchev–Trinajstić information content (AvgIpc) is 2.70. The number of benzene rings is 2. The van der Waals surface area contributed by atoms with Gasteiger partial charge in [0.15, 0.2) is 23.3 Å². The van der Waals surface area contributed by atoms with Gasteiger partial charge in [-0.25, -0.2) is 17.6 Å². The van der Waals surface area contributed by atoms with Crippen LogP contribution in [0.2, 0.25) is 0 Å². The van der Waals surface area contributed by atoms with E-state index in [1.54, 1.807) is 0 Å². The molecule has 1 amide bonds. The van der Waals surface area contributed by atoms with E-state index in [0.717, 1.165) is 24.3 Å². The third-order valence-corrected chi connectivity index (χ3v) is 3.80. The van der Waals surface area contributed by atoms with Crippen LogP contribution < -0.4 is 10.6 Å². The van der Waals surface area contributed by atoms with Gasteiger partial charge in [-0.1, -0.05) is 12.1 Å². The molecule has 6 nitrogen and oxygen atoms in total. The highest BCUT2D eigenvalue weighted by Crippen LogP contribution is 2.12. The summed E-state index contributed by atoms with van der Waals surface area (Å²) in [7, 11) is 0. The Balaban J connectivity index is 1.85. The number of guanidine groups is 1. The molecule has 0 spiro atoms. The van der Waals surface area contributed by atoms with E-state index < -0.39 is 29.2 Å². The van der Waals surface area contributed by atoms with Crippen molar-refractivity contribution >= 4 is 17.7 Å². The maximum absolute atomic E-state index is 13.4. The molecule has 0 saturated carbocycles. The number of nitrogens with zero attached hydrogens (tertiary/aromatic N) is 2. The molecule has 30 heavy (non-hydrogen) atoms. The molecule has 2 aromatic carbocycles. The Morgan fingerprint density at radius 3 is 2.30 bits per heavy atom. The van der Waals surface area contributed by atoms with E-state index in [1.165, 1.54) is 24.3 Å². The smallest absolute Gasteiger partial charge is 0.280 e. The van der Waals surface area contributed by atoms with Gasteiger partial charge in [0, 0.05) is 18.2 Å². The van der Waals surface area contributed by atoms with Gasteiger partial charge >= 0.3 is 0 Å². The van der Waals surface area contributed by atoms with Crippen LogP contribution in [0.25, 0.3) is 0 Å². The molecule has 154 valence electrons. The summed E-state index contributed by atoms with van der Waals surface area (Å²) >= 11 is 0. The van der Waals surface area contributed by atoms with Gasteiger partial charge in [-0.2, -0.15) is 9.98 Å². The van der Waals surface area contributed by atoms with Gasteiger partial charge in [-0.15, -0.1) is 0 Å². The maximum Gasteiger partial charge on any atom is 0.280 e. The molecule has 1 aromatic heterocycles. The number of aromatic nitrogens is 1. The van der Waals surface area contributed by atoms with E-state index in [1.807, 2.05) is 0 Å². The van der Waals surface area contributed by atoms with Crippen LogP contribution in [0.15, 0.2) is 59.6 Å². The van der Waals surface area contributed by atoms with Crippen LogP contribution >= 0.6 is 0 Å². The first-order chi connectivity index (χ1) is 14.3. The highest BCUT2D eigenvalue weighted by molar-refractivity contribution is 6.06. The number of carbonyl (C=O) groups is 1. The monoisotopic (exact) mass is 418 g/mol. The molecule has 0 unspecified atom stereocenters. The first-order valence-electron chi connectivity index (χ1n) is 8.51. The lowest BCUT2D eigenvalue weighted by Gasteiger charge is -2.12. The summed E-state index contributed by atoms with van der Waals surface area (Å²) in [4.78, 5) is 19.9. The van der Waals surface area contributed by atoms with Crippen molar-refractivity contribution < 1.29 is 27.5 Å². The number of halogens is 4. The lowest BCUT2D eigenvalue weighted by atomic mass is 10.2. The van der Waals surface area contributed by atoms with Crippen LogP contribution in [0.5, 0.6) is 5.88 Å². The average molecular weight is 418 g/mol. The van der Waals surface area contributed by atoms with Gasteiger partial charge < -0.3 is 15.7 Å². The fourth-order valence-electron chi connectivity index (χ4n) is 2.36. The van der Waals surface area contributed by atoms with Gasteiger partial charge in [0.2, 0.25) is 11.8 Å². The number of aromatic hydroxyl groups is 1. The van der Waals surface area contributed by atoms with Crippen LogP contribution in [-0.4, -0.2) is 22.0 Å². The minimum absolute atomic E-state index is 0.0626. The molecule has 0 aliphatic rings. The summed E-state index contributed by atoms with van der Waals surface area (Å²) in [6.07, 6.45) is 0. The SMILES string of the molecule is O=C(/N=C(/NCc1ccc(F)c(F)c1)Nc1cccc(O)n1)c1ccc(F)c(F)c1. The molecule has 0 bridgehead atoms. The molecule has 3 aromatic rings. The maximum atomic E-state index is 13.4. The topological polar surface area (TPSA) is 86.6 Å². The first-order valence-corrected chi connectivity index (χ1v) is 8.51. The summed E-state index contributed by atoms with van der Waals surface area (Å²) < 4.78 is 52.9. The van der Waals surface area contributed by atoms with E-state index in [0.29, 0.717) is 11.6 Å². The summed E-state index contributed by atoms with van der Waals surface area (Å²) in [6, 6.07) is 10.0. The van der Waals surface area contributed by atoms with Crippen LogP contribution in [0, 0.1) is 23.3 Å². The molecular weight excluding hydrogens is 404 g/mol. The second-order valence-electron chi connectivity index (χ2n) is 6.00. The number of hydrogen-bond donors (Lipinski definition) is 3. The summed E-state index contributed by atoms with van der Waals surface area (Å²) in [6.45, 7) is -0.0626.